The van der Waals surface area contributed by atoms with E-state index < -0.39 is 6.10 Å². The minimum atomic E-state index is -0.873. The molecule has 0 aliphatic heterocycles. The minimum absolute atomic E-state index is 0.0608. The summed E-state index contributed by atoms with van der Waals surface area (Å²) in [6, 6.07) is 17.7. The van der Waals surface area contributed by atoms with Crippen molar-refractivity contribution in [2.45, 2.75) is 6.10 Å². The van der Waals surface area contributed by atoms with E-state index in [1.54, 1.807) is 0 Å². The summed E-state index contributed by atoms with van der Waals surface area (Å²) in [4.78, 5) is 4.69. The van der Waals surface area contributed by atoms with Crippen LogP contribution in [0.25, 0.3) is 22.2 Å². The van der Waals surface area contributed by atoms with Gasteiger partial charge in [-0.05, 0) is 36.4 Å². The van der Waals surface area contributed by atoms with Crippen molar-refractivity contribution in [3.63, 3.8) is 0 Å². The second kappa shape index (κ2) is 7.29. The highest BCUT2D eigenvalue weighted by Gasteiger charge is 2.06. The third-order valence-electron chi connectivity index (χ3n) is 3.78. The van der Waals surface area contributed by atoms with Gasteiger partial charge in [0.1, 0.15) is 18.5 Å². The van der Waals surface area contributed by atoms with Crippen LogP contribution in [0.4, 0.5) is 5.69 Å². The van der Waals surface area contributed by atoms with Crippen LogP contribution in [0.15, 0.2) is 54.6 Å². The molecular formula is C19H20N2O3. The smallest absolute Gasteiger partial charge is 0.120 e. The van der Waals surface area contributed by atoms with E-state index in [0.717, 1.165) is 27.8 Å². The molecule has 1 aromatic heterocycles. The largest absolute Gasteiger partial charge is 0.491 e. The van der Waals surface area contributed by atoms with E-state index in [4.69, 9.17) is 9.84 Å². The number of fused-ring (bicyclic) bond motifs is 1. The molecule has 5 nitrogen and oxygen atoms in total. The van der Waals surface area contributed by atoms with Gasteiger partial charge in [0.25, 0.3) is 0 Å². The molecule has 3 rings (SSSR count). The summed E-state index contributed by atoms with van der Waals surface area (Å²) in [6.07, 6.45) is -0.873. The molecule has 5 heteroatoms. The van der Waals surface area contributed by atoms with Gasteiger partial charge in [0.15, 0.2) is 0 Å². The van der Waals surface area contributed by atoms with Gasteiger partial charge in [0.2, 0.25) is 0 Å². The number of hydrogen-bond donors (Lipinski definition) is 3. The van der Waals surface area contributed by atoms with Gasteiger partial charge in [-0.25, -0.2) is 4.98 Å². The van der Waals surface area contributed by atoms with E-state index >= 15 is 0 Å². The first-order valence-corrected chi connectivity index (χ1v) is 7.80. The number of anilines is 1. The molecular weight excluding hydrogens is 304 g/mol. The quantitative estimate of drug-likeness (QED) is 0.650. The Hall–Kier alpha value is -2.63. The number of pyridine rings is 1. The van der Waals surface area contributed by atoms with Crippen molar-refractivity contribution in [1.82, 2.24) is 4.98 Å². The maximum Gasteiger partial charge on any atom is 0.120 e. The molecule has 2 aromatic carbocycles. The van der Waals surface area contributed by atoms with Crippen LogP contribution in [-0.4, -0.2) is 41.6 Å². The van der Waals surface area contributed by atoms with Gasteiger partial charge in [-0.3, -0.25) is 0 Å². The van der Waals surface area contributed by atoms with E-state index in [-0.39, 0.29) is 13.2 Å². The Morgan fingerprint density at radius 1 is 1.08 bits per heavy atom. The molecule has 1 heterocycles. The molecule has 1 unspecified atom stereocenters. The van der Waals surface area contributed by atoms with Crippen LogP contribution in [0, 0.1) is 0 Å². The summed E-state index contributed by atoms with van der Waals surface area (Å²) >= 11 is 0. The monoisotopic (exact) mass is 324 g/mol. The van der Waals surface area contributed by atoms with Crippen molar-refractivity contribution in [2.75, 3.05) is 25.6 Å². The zero-order valence-electron chi connectivity index (χ0n) is 13.4. The molecule has 0 saturated carbocycles. The topological polar surface area (TPSA) is 74.6 Å². The normalized spacial score (nSPS) is 12.1. The van der Waals surface area contributed by atoms with Crippen molar-refractivity contribution in [3.8, 4) is 17.0 Å². The molecule has 0 amide bonds. The number of aromatic nitrogens is 1. The molecule has 0 fully saturated rings. The summed E-state index contributed by atoms with van der Waals surface area (Å²) in [5, 5.41) is 22.2. The zero-order valence-corrected chi connectivity index (χ0v) is 13.4. The van der Waals surface area contributed by atoms with Crippen LogP contribution in [-0.2, 0) is 0 Å². The first-order valence-electron chi connectivity index (χ1n) is 7.80. The maximum atomic E-state index is 9.34. The lowest BCUT2D eigenvalue weighted by Gasteiger charge is -2.10. The lowest BCUT2D eigenvalue weighted by Crippen LogP contribution is -2.21. The Labute approximate surface area is 140 Å². The van der Waals surface area contributed by atoms with Crippen molar-refractivity contribution in [1.29, 1.82) is 0 Å². The average Bonchev–Trinajstić information content (AvgIpc) is 2.65. The van der Waals surface area contributed by atoms with E-state index in [0.29, 0.717) is 5.75 Å². The van der Waals surface area contributed by atoms with Gasteiger partial charge in [-0.2, -0.15) is 0 Å². The fourth-order valence-electron chi connectivity index (χ4n) is 2.41. The van der Waals surface area contributed by atoms with Crippen molar-refractivity contribution in [2.24, 2.45) is 0 Å². The third kappa shape index (κ3) is 3.64. The minimum Gasteiger partial charge on any atom is -0.491 e. The molecule has 1 atom stereocenters. The van der Waals surface area contributed by atoms with Crippen LogP contribution in [0.5, 0.6) is 5.75 Å². The number of aliphatic hydroxyl groups excluding tert-OH is 2. The van der Waals surface area contributed by atoms with Gasteiger partial charge < -0.3 is 20.3 Å². The molecule has 0 aliphatic rings. The van der Waals surface area contributed by atoms with Crippen LogP contribution < -0.4 is 10.1 Å². The van der Waals surface area contributed by atoms with Crippen molar-refractivity contribution < 1.29 is 14.9 Å². The van der Waals surface area contributed by atoms with Crippen LogP contribution >= 0.6 is 0 Å². The number of hydrogen-bond acceptors (Lipinski definition) is 5. The Bertz CT molecular complexity index is 818. The molecule has 3 N–H and O–H groups in total. The second-order valence-corrected chi connectivity index (χ2v) is 5.53. The molecule has 3 aromatic rings. The van der Waals surface area contributed by atoms with E-state index in [2.05, 4.69) is 10.3 Å². The highest BCUT2D eigenvalue weighted by molar-refractivity contribution is 5.83. The number of aliphatic hydroxyl groups is 2. The van der Waals surface area contributed by atoms with Crippen molar-refractivity contribution >= 4 is 16.6 Å². The maximum absolute atomic E-state index is 9.34. The summed E-state index contributed by atoms with van der Waals surface area (Å²) in [6.45, 7) is -0.254. The van der Waals surface area contributed by atoms with E-state index in [1.807, 2.05) is 61.6 Å². The first-order chi connectivity index (χ1) is 11.7. The fraction of sp³-hybridized carbons (Fsp3) is 0.211. The van der Waals surface area contributed by atoms with Gasteiger partial charge in [0.05, 0.1) is 17.8 Å². The number of benzene rings is 2. The average molecular weight is 324 g/mol. The molecule has 0 saturated heterocycles. The summed E-state index contributed by atoms with van der Waals surface area (Å²) in [7, 11) is 1.89. The molecule has 0 bridgehead atoms. The summed E-state index contributed by atoms with van der Waals surface area (Å²) < 4.78 is 5.46. The van der Waals surface area contributed by atoms with Crippen LogP contribution in [0.1, 0.15) is 0 Å². The van der Waals surface area contributed by atoms with E-state index in [1.165, 1.54) is 0 Å². The molecule has 124 valence electrons. The zero-order chi connectivity index (χ0) is 16.9. The second-order valence-electron chi connectivity index (χ2n) is 5.53. The third-order valence-corrected chi connectivity index (χ3v) is 3.78. The number of nitrogens with one attached hydrogen (secondary N) is 1. The fourth-order valence-corrected chi connectivity index (χ4v) is 2.41. The molecule has 0 aliphatic carbocycles. The SMILES string of the molecule is CNc1ccc(-c2ccc3cc(OCC(O)CO)ccc3n2)cc1. The van der Waals surface area contributed by atoms with E-state index in [9.17, 15) is 5.11 Å². The predicted octanol–water partition coefficient (Wildman–Crippen LogP) is 2.68. The predicted molar refractivity (Wildman–Crippen MR) is 95.3 cm³/mol. The number of rotatable bonds is 6. The number of nitrogens with zero attached hydrogens (tertiary/aromatic N) is 1. The Balaban J connectivity index is 1.83. The summed E-state index contributed by atoms with van der Waals surface area (Å²) in [5.74, 6) is 0.642. The van der Waals surface area contributed by atoms with Crippen LogP contribution in [0.2, 0.25) is 0 Å². The van der Waals surface area contributed by atoms with Gasteiger partial charge in [-0.1, -0.05) is 18.2 Å². The first kappa shape index (κ1) is 16.2. The Kier molecular flexibility index (Phi) is 4.93. The lowest BCUT2D eigenvalue weighted by atomic mass is 10.1. The lowest BCUT2D eigenvalue weighted by molar-refractivity contribution is 0.0536. The van der Waals surface area contributed by atoms with Crippen molar-refractivity contribution in [3.05, 3.63) is 54.6 Å². The van der Waals surface area contributed by atoms with Gasteiger partial charge >= 0.3 is 0 Å². The Morgan fingerprint density at radius 2 is 1.88 bits per heavy atom. The highest BCUT2D eigenvalue weighted by atomic mass is 16.5. The van der Waals surface area contributed by atoms with Crippen LogP contribution in [0.3, 0.4) is 0 Å². The molecule has 0 spiro atoms. The Morgan fingerprint density at radius 3 is 2.58 bits per heavy atom. The standard InChI is InChI=1S/C19H20N2O3/c1-20-15-5-2-13(3-6-15)18-8-4-14-10-17(7-9-19(14)21-18)24-12-16(23)11-22/h2-10,16,20,22-23H,11-12H2,1H3. The number of ether oxygens (including phenoxy) is 1. The molecule has 0 radical (unpaired) electrons. The van der Waals surface area contributed by atoms with Gasteiger partial charge in [-0.15, -0.1) is 0 Å². The summed E-state index contributed by atoms with van der Waals surface area (Å²) in [5.41, 5.74) is 3.91. The highest BCUT2D eigenvalue weighted by Crippen LogP contribution is 2.25. The van der Waals surface area contributed by atoms with Gasteiger partial charge in [0, 0.05) is 23.7 Å². The molecule has 24 heavy (non-hydrogen) atoms.